The summed E-state index contributed by atoms with van der Waals surface area (Å²) in [7, 11) is -3.49. The van der Waals surface area contributed by atoms with Crippen molar-refractivity contribution in [2.45, 2.75) is 50.0 Å². The Balaban J connectivity index is 1.27. The first kappa shape index (κ1) is 23.9. The molecule has 0 spiro atoms. The molecule has 0 saturated carbocycles. The van der Waals surface area contributed by atoms with E-state index in [0.29, 0.717) is 50.9 Å². The highest BCUT2D eigenvalue weighted by molar-refractivity contribution is 7.89. The Morgan fingerprint density at radius 3 is 2.12 bits per heavy atom. The lowest BCUT2D eigenvalue weighted by Gasteiger charge is -2.32. The molecule has 33 heavy (non-hydrogen) atoms. The third-order valence-electron chi connectivity index (χ3n) is 6.67. The van der Waals surface area contributed by atoms with Gasteiger partial charge in [-0.25, -0.2) is 8.42 Å². The average molecular weight is 471 g/mol. The molecule has 2 aromatic carbocycles. The quantitative estimate of drug-likeness (QED) is 0.604. The molecule has 2 fully saturated rings. The maximum atomic E-state index is 13.0. The van der Waals surface area contributed by atoms with Crippen LogP contribution >= 0.6 is 0 Å². The van der Waals surface area contributed by atoms with Crippen LogP contribution in [0.3, 0.4) is 0 Å². The molecule has 2 aliphatic heterocycles. The third-order valence-corrected chi connectivity index (χ3v) is 8.58. The second-order valence-electron chi connectivity index (χ2n) is 9.08. The minimum atomic E-state index is -3.49. The zero-order valence-corrected chi connectivity index (χ0v) is 20.0. The Labute approximate surface area is 197 Å². The molecule has 6 nitrogen and oxygen atoms in total. The summed E-state index contributed by atoms with van der Waals surface area (Å²) in [5.74, 6) is 0.427. The Morgan fingerprint density at radius 2 is 1.48 bits per heavy atom. The van der Waals surface area contributed by atoms with Crippen molar-refractivity contribution in [3.8, 4) is 0 Å². The van der Waals surface area contributed by atoms with Gasteiger partial charge in [-0.1, -0.05) is 43.2 Å². The summed E-state index contributed by atoms with van der Waals surface area (Å²) in [4.78, 5) is 15.1. The van der Waals surface area contributed by atoms with Gasteiger partial charge in [-0.2, -0.15) is 4.31 Å². The highest BCUT2D eigenvalue weighted by Gasteiger charge is 2.27. The fourth-order valence-electron chi connectivity index (χ4n) is 4.60. The maximum absolute atomic E-state index is 13.0. The number of benzene rings is 2. The number of amides is 1. The van der Waals surface area contributed by atoms with E-state index in [-0.39, 0.29) is 10.8 Å². The van der Waals surface area contributed by atoms with Crippen molar-refractivity contribution in [1.29, 1.82) is 0 Å². The summed E-state index contributed by atoms with van der Waals surface area (Å²) >= 11 is 0. The van der Waals surface area contributed by atoms with E-state index >= 15 is 0 Å². The summed E-state index contributed by atoms with van der Waals surface area (Å²) in [6.07, 6.45) is 5.81. The molecule has 0 atom stereocenters. The molecule has 0 aliphatic carbocycles. The number of sulfonamides is 1. The SMILES string of the molecule is O=C(c1ccc(S(=O)(=O)N2CCCCCC2)cc1)N1CCC(COCc2ccccc2)CC1. The van der Waals surface area contributed by atoms with Crippen molar-refractivity contribution in [3.05, 3.63) is 65.7 Å². The lowest BCUT2D eigenvalue weighted by atomic mass is 9.97. The van der Waals surface area contributed by atoms with Crippen LogP contribution in [0.1, 0.15) is 54.4 Å². The van der Waals surface area contributed by atoms with E-state index in [2.05, 4.69) is 12.1 Å². The first-order valence-electron chi connectivity index (χ1n) is 12.1. The Morgan fingerprint density at radius 1 is 0.848 bits per heavy atom. The predicted molar refractivity (Wildman–Crippen MR) is 128 cm³/mol. The standard InChI is InChI=1S/C26H34N2O4S/c29-26(27-18-14-23(15-19-27)21-32-20-22-8-4-3-5-9-22)24-10-12-25(13-11-24)33(30,31)28-16-6-1-2-7-17-28/h3-5,8-13,23H,1-2,6-7,14-21H2. The van der Waals surface area contributed by atoms with Crippen LogP contribution in [0.25, 0.3) is 0 Å². The molecule has 0 aromatic heterocycles. The van der Waals surface area contributed by atoms with Gasteiger partial charge >= 0.3 is 0 Å². The molecule has 0 bridgehead atoms. The number of likely N-dealkylation sites (tertiary alicyclic amines) is 1. The Hall–Kier alpha value is -2.22. The first-order valence-corrected chi connectivity index (χ1v) is 13.5. The van der Waals surface area contributed by atoms with E-state index in [4.69, 9.17) is 4.74 Å². The van der Waals surface area contributed by atoms with Gasteiger partial charge in [0.1, 0.15) is 0 Å². The van der Waals surface area contributed by atoms with E-state index in [1.165, 1.54) is 5.56 Å². The number of ether oxygens (including phenoxy) is 1. The second-order valence-corrected chi connectivity index (χ2v) is 11.0. The van der Waals surface area contributed by atoms with Crippen molar-refractivity contribution in [2.24, 2.45) is 5.92 Å². The normalized spacial score (nSPS) is 18.7. The highest BCUT2D eigenvalue weighted by Crippen LogP contribution is 2.23. The average Bonchev–Trinajstić information content (AvgIpc) is 3.15. The number of rotatable bonds is 7. The molecule has 2 aromatic rings. The number of carbonyl (C=O) groups excluding carboxylic acids is 1. The molecule has 7 heteroatoms. The molecular weight excluding hydrogens is 436 g/mol. The highest BCUT2D eigenvalue weighted by atomic mass is 32.2. The molecule has 4 rings (SSSR count). The van der Waals surface area contributed by atoms with Crippen LogP contribution in [0.4, 0.5) is 0 Å². The van der Waals surface area contributed by atoms with Gasteiger partial charge in [0.15, 0.2) is 0 Å². The van der Waals surface area contributed by atoms with Gasteiger partial charge in [0.2, 0.25) is 10.0 Å². The van der Waals surface area contributed by atoms with Crippen LogP contribution in [-0.4, -0.2) is 56.3 Å². The summed E-state index contributed by atoms with van der Waals surface area (Å²) in [6.45, 7) is 3.88. The zero-order valence-electron chi connectivity index (χ0n) is 19.2. The second kappa shape index (κ2) is 11.3. The molecule has 0 radical (unpaired) electrons. The summed E-state index contributed by atoms with van der Waals surface area (Å²) < 4.78 is 33.4. The molecule has 2 aliphatic rings. The predicted octanol–water partition coefficient (Wildman–Crippen LogP) is 4.32. The monoisotopic (exact) mass is 470 g/mol. The third kappa shape index (κ3) is 6.22. The summed E-state index contributed by atoms with van der Waals surface area (Å²) in [6, 6.07) is 16.6. The van der Waals surface area contributed by atoms with Gasteiger partial charge in [-0.15, -0.1) is 0 Å². The van der Waals surface area contributed by atoms with Gasteiger partial charge < -0.3 is 9.64 Å². The van der Waals surface area contributed by atoms with Crippen LogP contribution in [0.2, 0.25) is 0 Å². The van der Waals surface area contributed by atoms with Crippen molar-refractivity contribution in [2.75, 3.05) is 32.8 Å². The number of piperidine rings is 1. The lowest BCUT2D eigenvalue weighted by molar-refractivity contribution is 0.0478. The minimum absolute atomic E-state index is 0.0302. The van der Waals surface area contributed by atoms with Crippen LogP contribution < -0.4 is 0 Å². The Kier molecular flexibility index (Phi) is 8.17. The number of hydrogen-bond acceptors (Lipinski definition) is 4. The van der Waals surface area contributed by atoms with Crippen molar-refractivity contribution < 1.29 is 17.9 Å². The van der Waals surface area contributed by atoms with Gasteiger partial charge in [0.25, 0.3) is 5.91 Å². The molecule has 178 valence electrons. The van der Waals surface area contributed by atoms with Crippen LogP contribution in [0.15, 0.2) is 59.5 Å². The van der Waals surface area contributed by atoms with Crippen molar-refractivity contribution in [3.63, 3.8) is 0 Å². The van der Waals surface area contributed by atoms with Gasteiger partial charge in [0, 0.05) is 38.3 Å². The summed E-state index contributed by atoms with van der Waals surface area (Å²) in [5, 5.41) is 0. The largest absolute Gasteiger partial charge is 0.376 e. The van der Waals surface area contributed by atoms with Crippen molar-refractivity contribution >= 4 is 15.9 Å². The zero-order chi connectivity index (χ0) is 23.1. The van der Waals surface area contributed by atoms with E-state index in [1.54, 1.807) is 28.6 Å². The summed E-state index contributed by atoms with van der Waals surface area (Å²) in [5.41, 5.74) is 1.72. The van der Waals surface area contributed by atoms with Crippen LogP contribution in [0.5, 0.6) is 0 Å². The molecule has 1 amide bonds. The Bertz CT molecular complexity index is 992. The van der Waals surface area contributed by atoms with Gasteiger partial charge in [0.05, 0.1) is 11.5 Å². The van der Waals surface area contributed by atoms with Crippen LogP contribution in [0, 0.1) is 5.92 Å². The van der Waals surface area contributed by atoms with Crippen molar-refractivity contribution in [1.82, 2.24) is 9.21 Å². The number of carbonyl (C=O) groups is 1. The fourth-order valence-corrected chi connectivity index (χ4v) is 6.12. The molecule has 2 heterocycles. The van der Waals surface area contributed by atoms with E-state index in [1.807, 2.05) is 23.1 Å². The van der Waals surface area contributed by atoms with Gasteiger partial charge in [-0.05, 0) is 61.4 Å². The number of nitrogens with zero attached hydrogens (tertiary/aromatic N) is 2. The van der Waals surface area contributed by atoms with E-state index in [0.717, 1.165) is 38.5 Å². The molecule has 0 N–H and O–H groups in total. The molecule has 2 saturated heterocycles. The molecule has 0 unspecified atom stereocenters. The first-order chi connectivity index (χ1) is 16.0. The maximum Gasteiger partial charge on any atom is 0.253 e. The van der Waals surface area contributed by atoms with E-state index in [9.17, 15) is 13.2 Å². The minimum Gasteiger partial charge on any atom is -0.376 e. The fraction of sp³-hybridized carbons (Fsp3) is 0.500. The number of hydrogen-bond donors (Lipinski definition) is 0. The van der Waals surface area contributed by atoms with Gasteiger partial charge in [-0.3, -0.25) is 4.79 Å². The van der Waals surface area contributed by atoms with E-state index < -0.39 is 10.0 Å². The van der Waals surface area contributed by atoms with Crippen LogP contribution in [-0.2, 0) is 21.4 Å². The molecular formula is C26H34N2O4S. The topological polar surface area (TPSA) is 66.9 Å². The smallest absolute Gasteiger partial charge is 0.253 e. The lowest BCUT2D eigenvalue weighted by Crippen LogP contribution is -2.39.